The van der Waals surface area contributed by atoms with Crippen molar-refractivity contribution < 1.29 is 9.21 Å². The van der Waals surface area contributed by atoms with Gasteiger partial charge < -0.3 is 4.42 Å². The summed E-state index contributed by atoms with van der Waals surface area (Å²) in [5.41, 5.74) is 1.75. The molecule has 0 unspecified atom stereocenters. The minimum Gasteiger partial charge on any atom is -0.470 e. The van der Waals surface area contributed by atoms with Gasteiger partial charge in [-0.15, -0.1) is 0 Å². The summed E-state index contributed by atoms with van der Waals surface area (Å²) in [6.07, 6.45) is 2.06. The minimum atomic E-state index is 0.403. The molecule has 0 fully saturated rings. The van der Waals surface area contributed by atoms with E-state index < -0.39 is 0 Å². The second-order valence-electron chi connectivity index (χ2n) is 1.51. The summed E-state index contributed by atoms with van der Waals surface area (Å²) in [5, 5.41) is 0. The van der Waals surface area contributed by atoms with Crippen molar-refractivity contribution in [1.29, 1.82) is 0 Å². The Bertz CT molecular complexity index is 160. The first kappa shape index (κ1) is 8.71. The number of nitrogens with two attached hydrogens (primary N) is 1. The molecule has 0 saturated carbocycles. The molecule has 0 aliphatic rings. The molecular formula is C6H10N2O2. The van der Waals surface area contributed by atoms with Crippen LogP contribution in [-0.4, -0.2) is 6.41 Å². The maximum atomic E-state index is 8.94. The smallest absolute Gasteiger partial charge is 0.221 e. The third-order valence-corrected chi connectivity index (χ3v) is 0.731. The van der Waals surface area contributed by atoms with Crippen molar-refractivity contribution in [2.45, 2.75) is 6.92 Å². The summed E-state index contributed by atoms with van der Waals surface area (Å²) >= 11 is 0. The molecule has 0 aliphatic heterocycles. The van der Waals surface area contributed by atoms with E-state index in [2.05, 4.69) is 5.84 Å². The van der Waals surface area contributed by atoms with Crippen LogP contribution in [0, 0.1) is 6.92 Å². The standard InChI is InChI=1S/C5H6O.CH4N2O/c1-5-3-2-4-6-5;2-3-1-4/h2-4H,1H3;1H,2H2,(H,3,4). The fourth-order valence-electron chi connectivity index (χ4n) is 0.361. The lowest BCUT2D eigenvalue weighted by Gasteiger charge is -1.69. The van der Waals surface area contributed by atoms with Crippen LogP contribution in [0.1, 0.15) is 5.76 Å². The van der Waals surface area contributed by atoms with Crippen molar-refractivity contribution in [3.8, 4) is 0 Å². The molecule has 10 heavy (non-hydrogen) atoms. The molecule has 1 rings (SSSR count). The quantitative estimate of drug-likeness (QED) is 0.254. The predicted molar refractivity (Wildman–Crippen MR) is 36.8 cm³/mol. The van der Waals surface area contributed by atoms with Crippen LogP contribution in [0.15, 0.2) is 22.8 Å². The zero-order chi connectivity index (χ0) is 7.82. The highest BCUT2D eigenvalue weighted by atomic mass is 16.3. The molecule has 56 valence electrons. The first-order valence-corrected chi connectivity index (χ1v) is 2.71. The zero-order valence-electron chi connectivity index (χ0n) is 5.70. The molecule has 0 aromatic carbocycles. The molecule has 1 aromatic rings. The number of hydrogen-bond acceptors (Lipinski definition) is 3. The summed E-state index contributed by atoms with van der Waals surface area (Å²) < 4.78 is 4.83. The van der Waals surface area contributed by atoms with Gasteiger partial charge in [0.2, 0.25) is 6.41 Å². The maximum Gasteiger partial charge on any atom is 0.221 e. The summed E-state index contributed by atoms with van der Waals surface area (Å²) in [4.78, 5) is 8.94. The van der Waals surface area contributed by atoms with Crippen LogP contribution in [0.4, 0.5) is 0 Å². The normalized spacial score (nSPS) is 7.40. The van der Waals surface area contributed by atoms with Gasteiger partial charge in [0, 0.05) is 0 Å². The van der Waals surface area contributed by atoms with Crippen LogP contribution in [0.3, 0.4) is 0 Å². The van der Waals surface area contributed by atoms with Gasteiger partial charge >= 0.3 is 0 Å². The molecule has 3 N–H and O–H groups in total. The van der Waals surface area contributed by atoms with Gasteiger partial charge in [0.25, 0.3) is 0 Å². The van der Waals surface area contributed by atoms with Crippen LogP contribution < -0.4 is 11.3 Å². The third kappa shape index (κ3) is 4.86. The Hall–Kier alpha value is -1.29. The number of hydrazine groups is 1. The Labute approximate surface area is 59.0 Å². The van der Waals surface area contributed by atoms with Gasteiger partial charge in [-0.1, -0.05) is 0 Å². The van der Waals surface area contributed by atoms with E-state index in [4.69, 9.17) is 9.21 Å². The van der Waals surface area contributed by atoms with Crippen LogP contribution in [-0.2, 0) is 4.79 Å². The fraction of sp³-hybridized carbons (Fsp3) is 0.167. The molecule has 0 bridgehead atoms. The zero-order valence-corrected chi connectivity index (χ0v) is 5.70. The van der Waals surface area contributed by atoms with E-state index in [9.17, 15) is 0 Å². The van der Waals surface area contributed by atoms with E-state index >= 15 is 0 Å². The Morgan fingerprint density at radius 3 is 2.50 bits per heavy atom. The minimum absolute atomic E-state index is 0.403. The van der Waals surface area contributed by atoms with E-state index in [1.807, 2.05) is 19.1 Å². The molecule has 1 heterocycles. The Morgan fingerprint density at radius 2 is 2.40 bits per heavy atom. The lowest BCUT2D eigenvalue weighted by molar-refractivity contribution is -0.109. The topological polar surface area (TPSA) is 68.3 Å². The number of carbonyl (C=O) groups is 1. The summed E-state index contributed by atoms with van der Waals surface area (Å²) in [7, 11) is 0. The number of rotatable bonds is 1. The van der Waals surface area contributed by atoms with E-state index in [1.54, 1.807) is 11.7 Å². The predicted octanol–water partition coefficient (Wildman–Crippen LogP) is 0.194. The van der Waals surface area contributed by atoms with Gasteiger partial charge in [0.15, 0.2) is 0 Å². The van der Waals surface area contributed by atoms with Crippen molar-refractivity contribution in [3.63, 3.8) is 0 Å². The van der Waals surface area contributed by atoms with E-state index in [1.165, 1.54) is 0 Å². The number of nitrogens with one attached hydrogen (secondary N) is 1. The number of furan rings is 1. The number of aryl methyl sites for hydroxylation is 1. The van der Waals surface area contributed by atoms with Gasteiger partial charge in [-0.3, -0.25) is 10.2 Å². The molecule has 4 nitrogen and oxygen atoms in total. The largest absolute Gasteiger partial charge is 0.470 e. The van der Waals surface area contributed by atoms with Gasteiger partial charge in [0.05, 0.1) is 6.26 Å². The molecule has 0 spiro atoms. The molecule has 0 radical (unpaired) electrons. The molecule has 4 heteroatoms. The summed E-state index contributed by atoms with van der Waals surface area (Å²) in [5.74, 6) is 5.38. The van der Waals surface area contributed by atoms with E-state index in [0.29, 0.717) is 6.41 Å². The number of carbonyl (C=O) groups excluding carboxylic acids is 1. The maximum absolute atomic E-state index is 8.94. The first-order valence-electron chi connectivity index (χ1n) is 2.71. The molecule has 1 aromatic heterocycles. The molecule has 0 atom stereocenters. The van der Waals surface area contributed by atoms with Crippen LogP contribution >= 0.6 is 0 Å². The molecular weight excluding hydrogens is 132 g/mol. The third-order valence-electron chi connectivity index (χ3n) is 0.731. The van der Waals surface area contributed by atoms with Crippen molar-refractivity contribution in [2.24, 2.45) is 5.84 Å². The SMILES string of the molecule is Cc1ccco1.NNC=O. The number of amides is 1. The highest BCUT2D eigenvalue weighted by Gasteiger charge is 1.75. The first-order chi connectivity index (χ1) is 4.81. The fourth-order valence-corrected chi connectivity index (χ4v) is 0.361. The molecule has 0 saturated heterocycles. The summed E-state index contributed by atoms with van der Waals surface area (Å²) in [6.45, 7) is 1.92. The highest BCUT2D eigenvalue weighted by molar-refractivity contribution is 5.44. The van der Waals surface area contributed by atoms with E-state index in [0.717, 1.165) is 5.76 Å². The van der Waals surface area contributed by atoms with Crippen LogP contribution in [0.5, 0.6) is 0 Å². The second-order valence-corrected chi connectivity index (χ2v) is 1.51. The van der Waals surface area contributed by atoms with Crippen molar-refractivity contribution >= 4 is 6.41 Å². The van der Waals surface area contributed by atoms with Gasteiger partial charge in [-0.05, 0) is 19.1 Å². The highest BCUT2D eigenvalue weighted by Crippen LogP contribution is 1.93. The Morgan fingerprint density at radius 1 is 1.80 bits per heavy atom. The van der Waals surface area contributed by atoms with Crippen molar-refractivity contribution in [1.82, 2.24) is 5.43 Å². The van der Waals surface area contributed by atoms with Gasteiger partial charge in [-0.25, -0.2) is 5.84 Å². The van der Waals surface area contributed by atoms with Gasteiger partial charge in [0.1, 0.15) is 5.76 Å². The monoisotopic (exact) mass is 142 g/mol. The molecule has 1 amide bonds. The Kier molecular flexibility index (Phi) is 5.09. The average Bonchev–Trinajstić information content (AvgIpc) is 2.40. The summed E-state index contributed by atoms with van der Waals surface area (Å²) in [6, 6.07) is 3.79. The average molecular weight is 142 g/mol. The number of hydrogen-bond donors (Lipinski definition) is 2. The second kappa shape index (κ2) is 5.84. The van der Waals surface area contributed by atoms with Crippen LogP contribution in [0.25, 0.3) is 0 Å². The van der Waals surface area contributed by atoms with Crippen molar-refractivity contribution in [2.75, 3.05) is 0 Å². The van der Waals surface area contributed by atoms with Crippen molar-refractivity contribution in [3.05, 3.63) is 24.2 Å². The van der Waals surface area contributed by atoms with Gasteiger partial charge in [-0.2, -0.15) is 0 Å². The molecule has 0 aliphatic carbocycles. The lowest BCUT2D eigenvalue weighted by atomic mass is 10.5. The Balaban J connectivity index is 0.000000180. The van der Waals surface area contributed by atoms with E-state index in [-0.39, 0.29) is 0 Å². The van der Waals surface area contributed by atoms with Crippen LogP contribution in [0.2, 0.25) is 0 Å². The lowest BCUT2D eigenvalue weighted by Crippen LogP contribution is -2.18.